The average Bonchev–Trinajstić information content (AvgIpc) is 1.94. The molecule has 0 aliphatic heterocycles. The van der Waals surface area contributed by atoms with E-state index in [-0.39, 0.29) is 11.2 Å². The lowest BCUT2D eigenvalue weighted by Gasteiger charge is -2.44. The molecule has 0 aromatic rings. The fraction of sp³-hybridized carbons (Fsp3) is 0.750. The maximum Gasteiger partial charge on any atom is 0.152 e. The van der Waals surface area contributed by atoms with Gasteiger partial charge >= 0.3 is 0 Å². The Hall–Kier alpha value is -0.670. The Morgan fingerprint density at radius 2 is 1.93 bits per heavy atom. The molecule has 0 aromatic carbocycles. The summed E-state index contributed by atoms with van der Waals surface area (Å²) in [4.78, 5) is 11.1. The van der Waals surface area contributed by atoms with Crippen LogP contribution in [0.1, 0.15) is 40.5 Å². The van der Waals surface area contributed by atoms with Crippen molar-refractivity contribution >= 4 is 5.78 Å². The predicted molar refractivity (Wildman–Crippen MR) is 58.4 cm³/mol. The first-order valence-corrected chi connectivity index (χ1v) is 5.29. The smallest absolute Gasteiger partial charge is 0.152 e. The van der Waals surface area contributed by atoms with Crippen LogP contribution in [0, 0.1) is 5.41 Å². The summed E-state index contributed by atoms with van der Waals surface area (Å²) in [5.41, 5.74) is -0.674. The molecular weight excluding hydrogens is 192 g/mol. The summed E-state index contributed by atoms with van der Waals surface area (Å²) in [7, 11) is 0. The Morgan fingerprint density at radius 1 is 1.40 bits per heavy atom. The van der Waals surface area contributed by atoms with E-state index in [1.165, 1.54) is 13.0 Å². The highest BCUT2D eigenvalue weighted by Crippen LogP contribution is 2.45. The van der Waals surface area contributed by atoms with Crippen LogP contribution in [-0.4, -0.2) is 27.7 Å². The third kappa shape index (κ3) is 2.67. The van der Waals surface area contributed by atoms with E-state index in [4.69, 9.17) is 0 Å². The summed E-state index contributed by atoms with van der Waals surface area (Å²) >= 11 is 0. The summed E-state index contributed by atoms with van der Waals surface area (Å²) in [6, 6.07) is 0. The van der Waals surface area contributed by atoms with Crippen LogP contribution in [0.2, 0.25) is 0 Å². The second-order valence-corrected chi connectivity index (χ2v) is 5.39. The van der Waals surface area contributed by atoms with Crippen molar-refractivity contribution in [1.29, 1.82) is 0 Å². The average molecular weight is 212 g/mol. The Kier molecular flexibility index (Phi) is 3.08. The molecule has 3 nitrogen and oxygen atoms in total. The molecule has 0 spiro atoms. The van der Waals surface area contributed by atoms with E-state index in [9.17, 15) is 15.0 Å². The van der Waals surface area contributed by atoms with Crippen LogP contribution in [0.3, 0.4) is 0 Å². The lowest BCUT2D eigenvalue weighted by atomic mass is 9.65. The normalized spacial score (nSPS) is 38.0. The highest BCUT2D eigenvalue weighted by atomic mass is 16.3. The highest BCUT2D eigenvalue weighted by molar-refractivity contribution is 5.88. The van der Waals surface area contributed by atoms with Crippen LogP contribution in [0.5, 0.6) is 0 Å². The quantitative estimate of drug-likeness (QED) is 0.646. The number of allylic oxidation sites excluding steroid dienone is 1. The van der Waals surface area contributed by atoms with Gasteiger partial charge in [-0.25, -0.2) is 0 Å². The van der Waals surface area contributed by atoms with Gasteiger partial charge in [0, 0.05) is 6.42 Å². The summed E-state index contributed by atoms with van der Waals surface area (Å²) in [6.45, 7) is 7.02. The van der Waals surface area contributed by atoms with Gasteiger partial charge in [0.1, 0.15) is 0 Å². The van der Waals surface area contributed by atoms with E-state index in [2.05, 4.69) is 0 Å². The molecule has 1 saturated carbocycles. The third-order valence-corrected chi connectivity index (χ3v) is 3.04. The number of ketones is 1. The van der Waals surface area contributed by atoms with Crippen molar-refractivity contribution in [3.05, 3.63) is 11.6 Å². The second-order valence-electron chi connectivity index (χ2n) is 5.39. The summed E-state index contributed by atoms with van der Waals surface area (Å²) < 4.78 is 0. The van der Waals surface area contributed by atoms with Gasteiger partial charge in [0.05, 0.1) is 11.7 Å². The van der Waals surface area contributed by atoms with Crippen molar-refractivity contribution in [2.75, 3.05) is 0 Å². The topological polar surface area (TPSA) is 57.5 Å². The molecular formula is C12H20O3. The molecule has 0 saturated heterocycles. The van der Waals surface area contributed by atoms with E-state index in [0.29, 0.717) is 12.8 Å². The molecule has 1 rings (SSSR count). The van der Waals surface area contributed by atoms with Crippen LogP contribution >= 0.6 is 0 Å². The lowest BCUT2D eigenvalue weighted by Crippen LogP contribution is -2.45. The lowest BCUT2D eigenvalue weighted by molar-refractivity contribution is -0.113. The van der Waals surface area contributed by atoms with Crippen molar-refractivity contribution in [2.24, 2.45) is 5.41 Å². The number of carbonyl (C=O) groups is 1. The molecule has 0 aromatic heterocycles. The zero-order valence-electron chi connectivity index (χ0n) is 9.87. The molecule has 86 valence electrons. The first kappa shape index (κ1) is 12.4. The van der Waals surface area contributed by atoms with Crippen molar-refractivity contribution in [1.82, 2.24) is 0 Å². The van der Waals surface area contributed by atoms with Crippen LogP contribution in [-0.2, 0) is 4.79 Å². The molecule has 0 unspecified atom stereocenters. The van der Waals surface area contributed by atoms with Gasteiger partial charge in [-0.3, -0.25) is 4.79 Å². The second kappa shape index (κ2) is 3.72. The van der Waals surface area contributed by atoms with E-state index in [1.54, 1.807) is 6.92 Å². The van der Waals surface area contributed by atoms with E-state index >= 15 is 0 Å². The molecule has 15 heavy (non-hydrogen) atoms. The maximum atomic E-state index is 11.1. The van der Waals surface area contributed by atoms with E-state index in [1.807, 2.05) is 13.8 Å². The molecule has 0 amide bonds. The number of hydrogen-bond acceptors (Lipinski definition) is 3. The Bertz CT molecular complexity index is 280. The first-order chi connectivity index (χ1) is 6.65. The van der Waals surface area contributed by atoms with Crippen molar-refractivity contribution in [2.45, 2.75) is 52.2 Å². The maximum absolute atomic E-state index is 11.1. The van der Waals surface area contributed by atoms with Crippen LogP contribution in [0.4, 0.5) is 0 Å². The van der Waals surface area contributed by atoms with E-state index < -0.39 is 11.7 Å². The molecule has 0 radical (unpaired) electrons. The Balaban J connectivity index is 3.14. The molecule has 0 heterocycles. The van der Waals surface area contributed by atoms with Crippen molar-refractivity contribution in [3.63, 3.8) is 0 Å². The largest absolute Gasteiger partial charge is 0.393 e. The van der Waals surface area contributed by atoms with Gasteiger partial charge in [0.2, 0.25) is 0 Å². The Labute approximate surface area is 90.8 Å². The van der Waals surface area contributed by atoms with Gasteiger partial charge in [-0.1, -0.05) is 13.8 Å². The van der Waals surface area contributed by atoms with Gasteiger partial charge in [-0.2, -0.15) is 0 Å². The standard InChI is InChI=1S/C12H20O3/c1-8(13)5-10-11(2,3)6-9(14)7-12(10,4)15/h5,9,14-15H,6-7H2,1-4H3/t9-,12+/m0/s1. The summed E-state index contributed by atoms with van der Waals surface area (Å²) in [5.74, 6) is -0.0604. The fourth-order valence-corrected chi connectivity index (χ4v) is 2.62. The predicted octanol–water partition coefficient (Wildman–Crippen LogP) is 1.43. The minimum Gasteiger partial charge on any atom is -0.393 e. The number of rotatable bonds is 1. The molecule has 2 atom stereocenters. The van der Waals surface area contributed by atoms with E-state index in [0.717, 1.165) is 5.57 Å². The SMILES string of the molecule is CC(=O)C=C1C(C)(C)C[C@H](O)C[C@@]1(C)O. The van der Waals surface area contributed by atoms with Crippen LogP contribution < -0.4 is 0 Å². The molecule has 3 heteroatoms. The third-order valence-electron chi connectivity index (χ3n) is 3.04. The molecule has 1 fully saturated rings. The monoisotopic (exact) mass is 212 g/mol. The van der Waals surface area contributed by atoms with Gasteiger partial charge < -0.3 is 10.2 Å². The number of aliphatic hydroxyl groups is 2. The Morgan fingerprint density at radius 3 is 2.33 bits per heavy atom. The molecule has 0 bridgehead atoms. The zero-order chi connectivity index (χ0) is 11.9. The van der Waals surface area contributed by atoms with Gasteiger partial charge in [0.15, 0.2) is 5.78 Å². The summed E-state index contributed by atoms with van der Waals surface area (Å²) in [6.07, 6.45) is 1.89. The number of aliphatic hydroxyl groups excluding tert-OH is 1. The first-order valence-electron chi connectivity index (χ1n) is 5.29. The minimum absolute atomic E-state index is 0.0604. The van der Waals surface area contributed by atoms with Gasteiger partial charge in [-0.15, -0.1) is 0 Å². The van der Waals surface area contributed by atoms with Crippen LogP contribution in [0.15, 0.2) is 11.6 Å². The highest BCUT2D eigenvalue weighted by Gasteiger charge is 2.44. The van der Waals surface area contributed by atoms with Crippen molar-refractivity contribution < 1.29 is 15.0 Å². The number of carbonyl (C=O) groups excluding carboxylic acids is 1. The van der Waals surface area contributed by atoms with Gasteiger partial charge in [0.25, 0.3) is 0 Å². The minimum atomic E-state index is -1.08. The molecule has 1 aliphatic carbocycles. The number of hydrogen-bond donors (Lipinski definition) is 2. The molecule has 1 aliphatic rings. The van der Waals surface area contributed by atoms with Gasteiger partial charge in [-0.05, 0) is 37.3 Å². The zero-order valence-corrected chi connectivity index (χ0v) is 9.87. The fourth-order valence-electron chi connectivity index (χ4n) is 2.62. The molecule has 2 N–H and O–H groups in total. The van der Waals surface area contributed by atoms with Crippen molar-refractivity contribution in [3.8, 4) is 0 Å². The summed E-state index contributed by atoms with van der Waals surface area (Å²) in [5, 5.41) is 19.9. The van der Waals surface area contributed by atoms with Crippen LogP contribution in [0.25, 0.3) is 0 Å².